The molecule has 528 valence electrons. The normalized spacial score (nSPS) is 12.2. The van der Waals surface area contributed by atoms with E-state index in [4.69, 9.17) is 9.47 Å². The van der Waals surface area contributed by atoms with Crippen LogP contribution in [0.5, 0.6) is 0 Å². The van der Waals surface area contributed by atoms with Gasteiger partial charge in [0.1, 0.15) is 12.4 Å². The van der Waals surface area contributed by atoms with E-state index in [1.807, 2.05) is 22.7 Å². The first kappa shape index (κ1) is 73.2. The van der Waals surface area contributed by atoms with Gasteiger partial charge in [0.15, 0.2) is 0 Å². The Bertz CT molecular complexity index is 4610. The van der Waals surface area contributed by atoms with Crippen LogP contribution in [0, 0.1) is 19.3 Å². The predicted molar refractivity (Wildman–Crippen MR) is 439 cm³/mol. The average molecular weight is 1400 g/mol. The van der Waals surface area contributed by atoms with E-state index in [0.29, 0.717) is 25.2 Å². The molecule has 0 aliphatic carbocycles. The number of ketones is 1. The number of thiophene rings is 2. The van der Waals surface area contributed by atoms with E-state index in [-0.39, 0.29) is 30.0 Å². The van der Waals surface area contributed by atoms with Gasteiger partial charge in [0.05, 0.1) is 12.2 Å². The van der Waals surface area contributed by atoms with Crippen LogP contribution in [0.2, 0.25) is 0 Å². The number of esters is 1. The molecular weight excluding hydrogens is 1300 g/mol. The summed E-state index contributed by atoms with van der Waals surface area (Å²) in [6.45, 7) is 18.3. The molecule has 103 heavy (non-hydrogen) atoms. The quantitative estimate of drug-likeness (QED) is 0.0288. The summed E-state index contributed by atoms with van der Waals surface area (Å²) in [6.07, 6.45) is 14.5. The number of hydrogen-bond donors (Lipinski definition) is 0. The Hall–Kier alpha value is -9.58. The van der Waals surface area contributed by atoms with Crippen molar-refractivity contribution >= 4 is 123 Å². The highest BCUT2D eigenvalue weighted by atomic mass is 32.1. The second-order valence-corrected chi connectivity index (χ2v) is 30.4. The van der Waals surface area contributed by atoms with Crippen molar-refractivity contribution in [2.75, 3.05) is 32.8 Å². The van der Waals surface area contributed by atoms with E-state index in [1.54, 1.807) is 0 Å². The maximum atomic E-state index is 13.9. The van der Waals surface area contributed by atoms with Crippen molar-refractivity contribution < 1.29 is 19.1 Å². The molecule has 2 heterocycles. The van der Waals surface area contributed by atoms with Crippen LogP contribution in [0.4, 0.5) is 68.2 Å². The molecule has 0 aliphatic heterocycles. The summed E-state index contributed by atoms with van der Waals surface area (Å²) in [5.74, 6) is 0.162. The average Bonchev–Trinajstić information content (AvgIpc) is 1.63. The molecule has 0 radical (unpaired) electrons. The highest BCUT2D eigenvalue weighted by molar-refractivity contribution is 7.28. The molecular formula is C93H100N4O4S2. The van der Waals surface area contributed by atoms with Crippen molar-refractivity contribution in [2.24, 2.45) is 5.41 Å². The lowest BCUT2D eigenvalue weighted by atomic mass is 9.76. The first-order valence-electron chi connectivity index (χ1n) is 37.4. The van der Waals surface area contributed by atoms with E-state index in [0.717, 1.165) is 112 Å². The number of Topliss-reactive ketones (excluding diaryl/α,β-unsaturated/α-hetero) is 1. The summed E-state index contributed by atoms with van der Waals surface area (Å²) in [5.41, 5.74) is 16.9. The van der Waals surface area contributed by atoms with Gasteiger partial charge in [-0.05, 0) is 251 Å². The second kappa shape index (κ2) is 34.6. The van der Waals surface area contributed by atoms with E-state index >= 15 is 0 Å². The van der Waals surface area contributed by atoms with Crippen molar-refractivity contribution in [3.05, 3.63) is 277 Å². The zero-order valence-corrected chi connectivity index (χ0v) is 63.1. The first-order valence-corrected chi connectivity index (χ1v) is 39.0. The summed E-state index contributed by atoms with van der Waals surface area (Å²) in [4.78, 5) is 38.9. The Morgan fingerprint density at radius 2 is 0.699 bits per heavy atom. The maximum absolute atomic E-state index is 13.9. The number of ether oxygens (including phenoxy) is 2. The van der Waals surface area contributed by atoms with Crippen LogP contribution in [0.1, 0.15) is 147 Å². The van der Waals surface area contributed by atoms with Crippen LogP contribution in [-0.4, -0.2) is 30.6 Å². The highest BCUT2D eigenvalue weighted by Crippen LogP contribution is 2.50. The van der Waals surface area contributed by atoms with Gasteiger partial charge in [0, 0.05) is 106 Å². The summed E-state index contributed by atoms with van der Waals surface area (Å²) in [6, 6.07) is 91.4. The third kappa shape index (κ3) is 17.9. The van der Waals surface area contributed by atoms with E-state index in [2.05, 4.69) is 330 Å². The minimum absolute atomic E-state index is 0.216. The van der Waals surface area contributed by atoms with Gasteiger partial charge >= 0.3 is 5.97 Å². The van der Waals surface area contributed by atoms with Crippen molar-refractivity contribution in [3.63, 3.8) is 0 Å². The summed E-state index contributed by atoms with van der Waals surface area (Å²) in [5, 5.41) is 2.44. The maximum Gasteiger partial charge on any atom is 0.306 e. The molecule has 8 nitrogen and oxygen atoms in total. The lowest BCUT2D eigenvalue weighted by Gasteiger charge is -2.28. The Kier molecular flexibility index (Phi) is 24.6. The minimum Gasteiger partial charge on any atom is -0.463 e. The topological polar surface area (TPSA) is 65.6 Å². The van der Waals surface area contributed by atoms with Crippen LogP contribution in [-0.2, 0) is 31.9 Å². The largest absolute Gasteiger partial charge is 0.463 e. The predicted octanol–water partition coefficient (Wildman–Crippen LogP) is 27.4. The highest BCUT2D eigenvalue weighted by Gasteiger charge is 2.30. The zero-order valence-electron chi connectivity index (χ0n) is 61.5. The lowest BCUT2D eigenvalue weighted by Crippen LogP contribution is -2.27. The molecule has 0 fully saturated rings. The number of benzene rings is 10. The van der Waals surface area contributed by atoms with Gasteiger partial charge in [-0.3, -0.25) is 9.59 Å². The molecule has 2 aromatic heterocycles. The number of nitrogens with zero attached hydrogens (tertiary/aromatic N) is 4. The molecule has 0 spiro atoms. The van der Waals surface area contributed by atoms with Crippen LogP contribution in [0.25, 0.3) is 29.9 Å². The Morgan fingerprint density at radius 1 is 0.369 bits per heavy atom. The Balaban J connectivity index is 0.846. The molecule has 0 N–H and O–H groups in total. The fourth-order valence-electron chi connectivity index (χ4n) is 14.2. The number of aryl methyl sites for hydroxylation is 4. The van der Waals surface area contributed by atoms with Gasteiger partial charge in [-0.25, -0.2) is 0 Å². The van der Waals surface area contributed by atoms with Crippen molar-refractivity contribution in [1.29, 1.82) is 0 Å². The number of unbranched alkanes of at least 4 members (excludes halogenated alkanes) is 6. The Labute approximate surface area is 620 Å². The van der Waals surface area contributed by atoms with E-state index < -0.39 is 0 Å². The van der Waals surface area contributed by atoms with E-state index in [1.165, 1.54) is 85.1 Å². The van der Waals surface area contributed by atoms with Gasteiger partial charge in [-0.2, -0.15) is 0 Å². The van der Waals surface area contributed by atoms with Gasteiger partial charge < -0.3 is 29.1 Å². The molecule has 0 saturated carbocycles. The fraction of sp³-hybridized carbons (Fsp3) is 0.290. The number of rotatable bonds is 35. The molecule has 0 amide bonds. The third-order valence-corrected chi connectivity index (χ3v) is 23.2. The summed E-state index contributed by atoms with van der Waals surface area (Å²) < 4.78 is 14.3. The number of carbonyl (C=O) groups is 2. The SMILES string of the molecule is CCCCCCC(C)(C)OCCOC(=O)CCc1ccc(N(c2ccc(N(c3ccccc3)c3ccccc3)cc2)c2ccc3sc(-c4sc5ccc(N(c6ccc(CCC(=O)C(C)(CC)CCCCCC)cc6)c6ccc(N(c7ccccc7)c7ccccc7)cc6)cc5c4C)c(C)c3c2)cc1. The molecule has 12 aromatic rings. The number of para-hydroxylation sites is 4. The molecule has 0 saturated heterocycles. The number of anilines is 12. The lowest BCUT2D eigenvalue weighted by molar-refractivity contribution is -0.147. The second-order valence-electron chi connectivity index (χ2n) is 28.3. The number of fused-ring (bicyclic) bond motifs is 2. The molecule has 1 atom stereocenters. The van der Waals surface area contributed by atoms with Gasteiger partial charge in [-0.15, -0.1) is 22.7 Å². The smallest absolute Gasteiger partial charge is 0.306 e. The van der Waals surface area contributed by atoms with Crippen LogP contribution >= 0.6 is 22.7 Å². The number of carbonyl (C=O) groups excluding carboxylic acids is 2. The molecule has 0 aliphatic rings. The van der Waals surface area contributed by atoms with Gasteiger partial charge in [0.2, 0.25) is 0 Å². The van der Waals surface area contributed by atoms with E-state index in [9.17, 15) is 9.59 Å². The van der Waals surface area contributed by atoms with Gasteiger partial charge in [0.25, 0.3) is 0 Å². The molecule has 10 aromatic carbocycles. The van der Waals surface area contributed by atoms with Crippen LogP contribution in [0.15, 0.2) is 255 Å². The molecule has 12 rings (SSSR count). The zero-order chi connectivity index (χ0) is 71.7. The van der Waals surface area contributed by atoms with Crippen LogP contribution in [0.3, 0.4) is 0 Å². The monoisotopic (exact) mass is 1400 g/mol. The molecule has 10 heteroatoms. The van der Waals surface area contributed by atoms with Crippen molar-refractivity contribution in [3.8, 4) is 9.75 Å². The van der Waals surface area contributed by atoms with Crippen molar-refractivity contribution in [1.82, 2.24) is 0 Å². The van der Waals surface area contributed by atoms with Crippen molar-refractivity contribution in [2.45, 2.75) is 157 Å². The first-order chi connectivity index (χ1) is 50.2. The minimum atomic E-state index is -0.281. The van der Waals surface area contributed by atoms with Gasteiger partial charge in [-0.1, -0.05) is 176 Å². The molecule has 0 bridgehead atoms. The summed E-state index contributed by atoms with van der Waals surface area (Å²) >= 11 is 3.73. The standard InChI is InChI=1S/C93H100N4O4S2/c1-9-12-14-28-62-92(6,7)101-65-64-100-89(99)61-43-71-40-46-77(47-41-71)97(81-54-50-79(51-55-81)95(74-34-24-18-25-35-74)75-36-26-19-27-37-75)83-57-59-87-85(67-83)69(5)91(103-87)90-68(4)84-66-82(56-58-86(84)102-90)96(76-44-38-70(39-45-76)42-60-88(98)93(8,11-3)63-29-15-13-10-2)80-52-48-78(49-53-80)94(72-30-20-16-21-31-72)73-32-22-17-23-33-73/h16-27,30-41,44-59,66-67H,9-15,28-29,42-43,60-65H2,1-8H3. The fourth-order valence-corrected chi connectivity index (χ4v) is 16.8. The molecule has 1 unspecified atom stereocenters. The van der Waals surface area contributed by atoms with Crippen LogP contribution < -0.4 is 19.6 Å². The third-order valence-electron chi connectivity index (χ3n) is 20.5. The number of hydrogen-bond acceptors (Lipinski definition) is 10. The summed E-state index contributed by atoms with van der Waals surface area (Å²) in [7, 11) is 0. The Morgan fingerprint density at radius 3 is 1.07 bits per heavy atom.